The third-order valence-corrected chi connectivity index (χ3v) is 5.81. The van der Waals surface area contributed by atoms with E-state index in [1.807, 2.05) is 0 Å². The van der Waals surface area contributed by atoms with E-state index in [0.717, 1.165) is 6.42 Å². The van der Waals surface area contributed by atoms with Crippen LogP contribution in [-0.2, 0) is 19.6 Å². The van der Waals surface area contributed by atoms with Crippen molar-refractivity contribution in [3.8, 4) is 0 Å². The summed E-state index contributed by atoms with van der Waals surface area (Å²) in [4.78, 5) is 25.3. The molecule has 3 N–H and O–H groups in total. The minimum Gasteiger partial charge on any atom is -0.481 e. The maximum absolute atomic E-state index is 12.5. The molecule has 1 aromatic carbocycles. The van der Waals surface area contributed by atoms with Gasteiger partial charge in [-0.15, -0.1) is 0 Å². The molecule has 1 amide bonds. The lowest BCUT2D eigenvalue weighted by Gasteiger charge is -2.38. The number of carboxylic acids is 1. The fourth-order valence-electron chi connectivity index (χ4n) is 2.87. The molecule has 0 spiro atoms. The third-order valence-electron chi connectivity index (χ3n) is 4.90. The predicted molar refractivity (Wildman–Crippen MR) is 87.5 cm³/mol. The van der Waals surface area contributed by atoms with Gasteiger partial charge in [-0.3, -0.25) is 9.59 Å². The summed E-state index contributed by atoms with van der Waals surface area (Å²) >= 11 is 0. The number of rotatable bonds is 6. The molecular formula is C16H22N2O5S. The Hall–Kier alpha value is -1.93. The predicted octanol–water partition coefficient (Wildman–Crippen LogP) is 1.50. The largest absolute Gasteiger partial charge is 0.481 e. The lowest BCUT2D eigenvalue weighted by molar-refractivity contribution is -0.159. The van der Waals surface area contributed by atoms with Gasteiger partial charge in [0, 0.05) is 13.5 Å². The van der Waals surface area contributed by atoms with Crippen LogP contribution in [0.2, 0.25) is 0 Å². The first-order chi connectivity index (χ1) is 11.1. The molecule has 0 aliphatic heterocycles. The summed E-state index contributed by atoms with van der Waals surface area (Å²) in [6.07, 6.45) is 1.79. The zero-order valence-electron chi connectivity index (χ0n) is 13.7. The molecule has 132 valence electrons. The Bertz CT molecular complexity index is 755. The maximum atomic E-state index is 12.5. The normalized spacial score (nSPS) is 17.6. The van der Waals surface area contributed by atoms with Crippen LogP contribution in [0.5, 0.6) is 0 Å². The Morgan fingerprint density at radius 2 is 2.00 bits per heavy atom. The first kappa shape index (κ1) is 18.4. The van der Waals surface area contributed by atoms with Crippen molar-refractivity contribution in [1.82, 2.24) is 4.90 Å². The van der Waals surface area contributed by atoms with Crippen molar-refractivity contribution in [3.63, 3.8) is 0 Å². The number of nitrogens with two attached hydrogens (primary N) is 1. The number of primary sulfonamides is 1. The monoisotopic (exact) mass is 354 g/mol. The highest BCUT2D eigenvalue weighted by Crippen LogP contribution is 2.44. The fourth-order valence-corrected chi connectivity index (χ4v) is 3.44. The molecule has 1 atom stereocenters. The molecule has 7 nitrogen and oxygen atoms in total. The summed E-state index contributed by atoms with van der Waals surface area (Å²) in [6.45, 7) is 1.76. The second-order valence-electron chi connectivity index (χ2n) is 6.41. The molecule has 8 heteroatoms. The van der Waals surface area contributed by atoms with Gasteiger partial charge in [-0.2, -0.15) is 0 Å². The molecule has 0 aromatic heterocycles. The van der Waals surface area contributed by atoms with E-state index < -0.39 is 27.4 Å². The van der Waals surface area contributed by atoms with Crippen molar-refractivity contribution in [3.05, 3.63) is 29.8 Å². The Morgan fingerprint density at radius 3 is 2.46 bits per heavy atom. The number of benzene rings is 1. The van der Waals surface area contributed by atoms with E-state index in [1.165, 1.54) is 17.0 Å². The zero-order valence-corrected chi connectivity index (χ0v) is 14.5. The summed E-state index contributed by atoms with van der Waals surface area (Å²) in [5, 5.41) is 14.5. The maximum Gasteiger partial charge on any atom is 0.310 e. The van der Waals surface area contributed by atoms with Gasteiger partial charge in [0.05, 0.1) is 16.4 Å². The molecule has 1 unspecified atom stereocenters. The minimum absolute atomic E-state index is 0.0197. The van der Waals surface area contributed by atoms with Crippen LogP contribution in [-0.4, -0.2) is 37.3 Å². The van der Waals surface area contributed by atoms with Gasteiger partial charge >= 0.3 is 5.97 Å². The van der Waals surface area contributed by atoms with Gasteiger partial charge in [0.1, 0.15) is 0 Å². The second kappa shape index (κ2) is 6.52. The average Bonchev–Trinajstić information content (AvgIpc) is 2.48. The highest BCUT2D eigenvalue weighted by Gasteiger charge is 2.46. The van der Waals surface area contributed by atoms with E-state index in [2.05, 4.69) is 0 Å². The molecule has 1 aliphatic rings. The molecule has 0 radical (unpaired) electrons. The van der Waals surface area contributed by atoms with Crippen molar-refractivity contribution in [1.29, 1.82) is 0 Å². The number of carboxylic acid groups (broad SMARTS) is 1. The van der Waals surface area contributed by atoms with Crippen molar-refractivity contribution < 1.29 is 23.1 Å². The smallest absolute Gasteiger partial charge is 0.310 e. The van der Waals surface area contributed by atoms with Crippen molar-refractivity contribution >= 4 is 21.9 Å². The van der Waals surface area contributed by atoms with E-state index in [9.17, 15) is 23.1 Å². The molecule has 1 saturated carbocycles. The number of sulfonamides is 1. The number of nitrogens with zero attached hydrogens (tertiary/aromatic N) is 1. The lowest BCUT2D eigenvalue weighted by atomic mass is 9.66. The summed E-state index contributed by atoms with van der Waals surface area (Å²) < 4.78 is 22.9. The number of carbonyl (C=O) groups excluding carboxylic acids is 1. The molecule has 1 aliphatic carbocycles. The summed E-state index contributed by atoms with van der Waals surface area (Å²) in [5.74, 6) is -1.20. The van der Waals surface area contributed by atoms with Crippen LogP contribution < -0.4 is 5.14 Å². The van der Waals surface area contributed by atoms with Crippen LogP contribution in [0, 0.1) is 5.41 Å². The Balaban J connectivity index is 2.16. The van der Waals surface area contributed by atoms with Gasteiger partial charge in [-0.25, -0.2) is 13.6 Å². The number of hydrogen-bond donors (Lipinski definition) is 2. The first-order valence-corrected chi connectivity index (χ1v) is 9.23. The van der Waals surface area contributed by atoms with Crippen LogP contribution in [0.1, 0.15) is 44.2 Å². The molecular weight excluding hydrogens is 332 g/mol. The molecule has 1 aromatic rings. The van der Waals surface area contributed by atoms with Gasteiger partial charge in [0.25, 0.3) is 0 Å². The number of amides is 1. The van der Waals surface area contributed by atoms with Gasteiger partial charge in [0.2, 0.25) is 15.9 Å². The number of carbonyl (C=O) groups is 2. The van der Waals surface area contributed by atoms with Crippen molar-refractivity contribution in [2.24, 2.45) is 10.6 Å². The van der Waals surface area contributed by atoms with Crippen LogP contribution in [0.4, 0.5) is 0 Å². The Kier molecular flexibility index (Phi) is 5.00. The SMILES string of the molecule is CC(c1cccc(S(N)(=O)=O)c1)N(C)C(=O)CC1(C(=O)O)CCC1. The van der Waals surface area contributed by atoms with E-state index in [1.54, 1.807) is 26.1 Å². The molecule has 24 heavy (non-hydrogen) atoms. The number of aliphatic carboxylic acids is 1. The van der Waals surface area contributed by atoms with E-state index >= 15 is 0 Å². The van der Waals surface area contributed by atoms with Crippen LogP contribution >= 0.6 is 0 Å². The van der Waals surface area contributed by atoms with Gasteiger partial charge in [0.15, 0.2) is 0 Å². The van der Waals surface area contributed by atoms with Crippen LogP contribution in [0.3, 0.4) is 0 Å². The van der Waals surface area contributed by atoms with E-state index in [0.29, 0.717) is 18.4 Å². The Labute approximate surface area is 141 Å². The molecule has 0 saturated heterocycles. The minimum atomic E-state index is -3.82. The van der Waals surface area contributed by atoms with Gasteiger partial charge in [-0.05, 0) is 37.5 Å². The fraction of sp³-hybridized carbons (Fsp3) is 0.500. The highest BCUT2D eigenvalue weighted by molar-refractivity contribution is 7.89. The second-order valence-corrected chi connectivity index (χ2v) is 7.98. The molecule has 2 rings (SSSR count). The van der Waals surface area contributed by atoms with Gasteiger partial charge in [-0.1, -0.05) is 18.6 Å². The van der Waals surface area contributed by atoms with Crippen LogP contribution in [0.25, 0.3) is 0 Å². The molecule has 0 bridgehead atoms. The third kappa shape index (κ3) is 3.59. The summed E-state index contributed by atoms with van der Waals surface area (Å²) in [6, 6.07) is 5.69. The average molecular weight is 354 g/mol. The standard InChI is InChI=1S/C16H22N2O5S/c1-11(12-5-3-6-13(9-12)24(17,22)23)18(2)14(19)10-16(15(20)21)7-4-8-16/h3,5-6,9,11H,4,7-8,10H2,1-2H3,(H,20,21)(H2,17,22,23). The van der Waals surface area contributed by atoms with Crippen molar-refractivity contribution in [2.45, 2.75) is 43.5 Å². The summed E-state index contributed by atoms with van der Waals surface area (Å²) in [7, 11) is -2.23. The van der Waals surface area contributed by atoms with Crippen LogP contribution in [0.15, 0.2) is 29.2 Å². The molecule has 1 fully saturated rings. The zero-order chi connectivity index (χ0) is 18.1. The Morgan fingerprint density at radius 1 is 1.38 bits per heavy atom. The summed E-state index contributed by atoms with van der Waals surface area (Å²) in [5.41, 5.74) is -0.330. The van der Waals surface area contributed by atoms with E-state index in [-0.39, 0.29) is 17.2 Å². The number of hydrogen-bond acceptors (Lipinski definition) is 4. The quantitative estimate of drug-likeness (QED) is 0.802. The highest BCUT2D eigenvalue weighted by atomic mass is 32.2. The topological polar surface area (TPSA) is 118 Å². The van der Waals surface area contributed by atoms with E-state index in [4.69, 9.17) is 5.14 Å². The first-order valence-electron chi connectivity index (χ1n) is 7.69. The van der Waals surface area contributed by atoms with Crippen molar-refractivity contribution in [2.75, 3.05) is 7.05 Å². The van der Waals surface area contributed by atoms with Gasteiger partial charge < -0.3 is 10.0 Å². The molecule has 0 heterocycles. The lowest BCUT2D eigenvalue weighted by Crippen LogP contribution is -2.43.